The van der Waals surface area contributed by atoms with E-state index in [1.54, 1.807) is 13.1 Å². The zero-order chi connectivity index (χ0) is 7.28. The van der Waals surface area contributed by atoms with Gasteiger partial charge in [0.15, 0.2) is 6.54 Å². The fourth-order valence-corrected chi connectivity index (χ4v) is 0.534. The van der Waals surface area contributed by atoms with Gasteiger partial charge in [-0.2, -0.15) is 4.79 Å². The van der Waals surface area contributed by atoms with Gasteiger partial charge in [0, 0.05) is 6.92 Å². The lowest BCUT2D eigenvalue weighted by atomic mass is 10.7. The van der Waals surface area contributed by atoms with Crippen LogP contribution in [0.2, 0.25) is 0 Å². The monoisotopic (exact) mass is 130 g/mol. The van der Waals surface area contributed by atoms with E-state index in [1.165, 1.54) is 11.7 Å². The molecular formula is C6H12NO2+. The third-order valence-electron chi connectivity index (χ3n) is 1.06. The van der Waals surface area contributed by atoms with Crippen LogP contribution in [0.4, 0.5) is 4.79 Å². The molecule has 0 aromatic carbocycles. The summed E-state index contributed by atoms with van der Waals surface area (Å²) >= 11 is 0. The van der Waals surface area contributed by atoms with Gasteiger partial charge >= 0.3 is 6.09 Å². The quantitative estimate of drug-likeness (QED) is 0.389. The molecule has 0 saturated carbocycles. The van der Waals surface area contributed by atoms with Crippen LogP contribution in [-0.4, -0.2) is 30.5 Å². The molecule has 0 spiro atoms. The van der Waals surface area contributed by atoms with E-state index in [4.69, 9.17) is 0 Å². The standard InChI is InChI=1S/C6H12NO2/c1-4-7(5-2)6(8)9-3/h4H,5H2,1-3H3/q+1/b7-4-. The van der Waals surface area contributed by atoms with E-state index in [1.807, 2.05) is 6.92 Å². The van der Waals surface area contributed by atoms with Crippen molar-refractivity contribution < 1.29 is 14.1 Å². The average Bonchev–Trinajstić information content (AvgIpc) is 1.90. The van der Waals surface area contributed by atoms with Gasteiger partial charge in [0.1, 0.15) is 6.21 Å². The predicted octanol–water partition coefficient (Wildman–Crippen LogP) is 0.876. The van der Waals surface area contributed by atoms with Crippen LogP contribution < -0.4 is 0 Å². The average molecular weight is 130 g/mol. The Labute approximate surface area is 54.9 Å². The van der Waals surface area contributed by atoms with Gasteiger partial charge in [-0.25, -0.2) is 0 Å². The van der Waals surface area contributed by atoms with Gasteiger partial charge < -0.3 is 4.74 Å². The van der Waals surface area contributed by atoms with Crippen molar-refractivity contribution in [3.8, 4) is 0 Å². The van der Waals surface area contributed by atoms with Crippen LogP contribution in [0.15, 0.2) is 0 Å². The molecular weight excluding hydrogens is 118 g/mol. The fourth-order valence-electron chi connectivity index (χ4n) is 0.534. The SMILES string of the molecule is C/C=[N+](/CC)C(=O)OC. The molecule has 0 fully saturated rings. The highest BCUT2D eigenvalue weighted by molar-refractivity contribution is 5.64. The number of carbonyl (C=O) groups is 1. The van der Waals surface area contributed by atoms with Gasteiger partial charge in [0.2, 0.25) is 0 Å². The van der Waals surface area contributed by atoms with Crippen molar-refractivity contribution in [1.29, 1.82) is 0 Å². The van der Waals surface area contributed by atoms with E-state index < -0.39 is 0 Å². The first-order chi connectivity index (χ1) is 4.26. The lowest BCUT2D eigenvalue weighted by molar-refractivity contribution is -0.437. The molecule has 0 rings (SSSR count). The molecule has 3 nitrogen and oxygen atoms in total. The van der Waals surface area contributed by atoms with E-state index in [0.717, 1.165) is 0 Å². The highest BCUT2D eigenvalue weighted by Gasteiger charge is 2.12. The normalized spacial score (nSPS) is 11.2. The molecule has 0 N–H and O–H groups in total. The van der Waals surface area contributed by atoms with Crippen LogP contribution in [0, 0.1) is 0 Å². The van der Waals surface area contributed by atoms with Crippen molar-refractivity contribution in [1.82, 2.24) is 0 Å². The van der Waals surface area contributed by atoms with Gasteiger partial charge in [-0.15, -0.1) is 4.58 Å². The van der Waals surface area contributed by atoms with Crippen molar-refractivity contribution >= 4 is 12.3 Å². The zero-order valence-electron chi connectivity index (χ0n) is 6.05. The molecule has 0 aliphatic rings. The van der Waals surface area contributed by atoms with Crippen molar-refractivity contribution in [2.24, 2.45) is 0 Å². The van der Waals surface area contributed by atoms with Crippen LogP contribution in [0.1, 0.15) is 13.8 Å². The minimum absolute atomic E-state index is 0.306. The molecule has 0 heterocycles. The number of carbonyl (C=O) groups excluding carboxylic acids is 1. The fraction of sp³-hybridized carbons (Fsp3) is 0.667. The van der Waals surface area contributed by atoms with Crippen molar-refractivity contribution in [3.05, 3.63) is 0 Å². The molecule has 0 aromatic heterocycles. The second-order valence-corrected chi connectivity index (χ2v) is 1.51. The Morgan fingerprint density at radius 3 is 2.44 bits per heavy atom. The lowest BCUT2D eigenvalue weighted by Gasteiger charge is -1.92. The smallest absolute Gasteiger partial charge is 0.415 e. The van der Waals surface area contributed by atoms with E-state index in [-0.39, 0.29) is 6.09 Å². The van der Waals surface area contributed by atoms with Crippen LogP contribution in [0.5, 0.6) is 0 Å². The number of hydrogen-bond donors (Lipinski definition) is 0. The summed E-state index contributed by atoms with van der Waals surface area (Å²) < 4.78 is 5.94. The zero-order valence-corrected chi connectivity index (χ0v) is 6.05. The maximum Gasteiger partial charge on any atom is 0.595 e. The summed E-state index contributed by atoms with van der Waals surface area (Å²) in [5.74, 6) is 0. The van der Waals surface area contributed by atoms with E-state index in [0.29, 0.717) is 6.54 Å². The Hall–Kier alpha value is -0.860. The van der Waals surface area contributed by atoms with E-state index in [9.17, 15) is 4.79 Å². The third-order valence-corrected chi connectivity index (χ3v) is 1.06. The first-order valence-corrected chi connectivity index (χ1v) is 2.90. The molecule has 3 heteroatoms. The number of nitrogens with zero attached hydrogens (tertiary/aromatic N) is 1. The highest BCUT2D eigenvalue weighted by atomic mass is 16.5. The Balaban J connectivity index is 3.97. The number of ether oxygens (including phenoxy) is 1. The number of amides is 1. The molecule has 0 aliphatic carbocycles. The van der Waals surface area contributed by atoms with Crippen molar-refractivity contribution in [2.45, 2.75) is 13.8 Å². The van der Waals surface area contributed by atoms with Gasteiger partial charge in [0.25, 0.3) is 0 Å². The molecule has 0 unspecified atom stereocenters. The molecule has 0 aliphatic heterocycles. The van der Waals surface area contributed by atoms with Gasteiger partial charge in [-0.05, 0) is 6.92 Å². The second-order valence-electron chi connectivity index (χ2n) is 1.51. The lowest BCUT2D eigenvalue weighted by Crippen LogP contribution is -2.20. The molecule has 0 radical (unpaired) electrons. The Morgan fingerprint density at radius 1 is 1.78 bits per heavy atom. The second kappa shape index (κ2) is 4.06. The summed E-state index contributed by atoms with van der Waals surface area (Å²) in [6.45, 7) is 4.33. The Kier molecular flexibility index (Phi) is 3.67. The Morgan fingerprint density at radius 2 is 2.33 bits per heavy atom. The van der Waals surface area contributed by atoms with Crippen molar-refractivity contribution in [3.63, 3.8) is 0 Å². The predicted molar refractivity (Wildman–Crippen MR) is 34.9 cm³/mol. The molecule has 52 valence electrons. The molecule has 1 amide bonds. The molecule has 0 atom stereocenters. The first kappa shape index (κ1) is 8.14. The van der Waals surface area contributed by atoms with Gasteiger partial charge in [-0.1, -0.05) is 0 Å². The largest absolute Gasteiger partial charge is 0.595 e. The first-order valence-electron chi connectivity index (χ1n) is 2.90. The molecule has 0 bridgehead atoms. The van der Waals surface area contributed by atoms with Crippen LogP contribution in [0.25, 0.3) is 0 Å². The number of rotatable bonds is 1. The van der Waals surface area contributed by atoms with Gasteiger partial charge in [-0.3, -0.25) is 0 Å². The number of methoxy groups -OCH3 is 1. The molecule has 0 aromatic rings. The van der Waals surface area contributed by atoms with Crippen molar-refractivity contribution in [2.75, 3.05) is 13.7 Å². The maximum absolute atomic E-state index is 10.6. The summed E-state index contributed by atoms with van der Waals surface area (Å²) in [7, 11) is 1.37. The number of hydrogen-bond acceptors (Lipinski definition) is 2. The van der Waals surface area contributed by atoms with Crippen LogP contribution in [-0.2, 0) is 4.74 Å². The van der Waals surface area contributed by atoms with Crippen LogP contribution >= 0.6 is 0 Å². The van der Waals surface area contributed by atoms with E-state index in [2.05, 4.69) is 4.74 Å². The summed E-state index contributed by atoms with van der Waals surface area (Å²) in [6, 6.07) is 0. The third kappa shape index (κ3) is 2.26. The maximum atomic E-state index is 10.6. The minimum Gasteiger partial charge on any atom is -0.415 e. The van der Waals surface area contributed by atoms with Crippen LogP contribution in [0.3, 0.4) is 0 Å². The summed E-state index contributed by atoms with van der Waals surface area (Å²) in [4.78, 5) is 10.6. The topological polar surface area (TPSA) is 29.3 Å². The Bertz CT molecular complexity index is 129. The van der Waals surface area contributed by atoms with E-state index >= 15 is 0 Å². The minimum atomic E-state index is -0.306. The molecule has 0 saturated heterocycles. The summed E-state index contributed by atoms with van der Waals surface area (Å²) in [5, 5.41) is 0. The summed E-state index contributed by atoms with van der Waals surface area (Å²) in [6.07, 6.45) is 1.38. The summed E-state index contributed by atoms with van der Waals surface area (Å²) in [5.41, 5.74) is 0. The molecule has 9 heavy (non-hydrogen) atoms. The highest BCUT2D eigenvalue weighted by Crippen LogP contribution is 1.79. The van der Waals surface area contributed by atoms with Gasteiger partial charge in [0.05, 0.1) is 7.11 Å².